The normalized spacial score (nSPS) is 10.0. The minimum atomic E-state index is -0.109. The first-order valence-corrected chi connectivity index (χ1v) is 4.32. The Labute approximate surface area is 77.0 Å². The molecule has 0 fully saturated rings. The van der Waals surface area contributed by atoms with Crippen LogP contribution in [0.25, 0.3) is 0 Å². The lowest BCUT2D eigenvalue weighted by Gasteiger charge is -2.02. The molecule has 3 nitrogen and oxygen atoms in total. The zero-order chi connectivity index (χ0) is 9.84. The van der Waals surface area contributed by atoms with Gasteiger partial charge in [-0.15, -0.1) is 0 Å². The van der Waals surface area contributed by atoms with Gasteiger partial charge in [0.2, 0.25) is 0 Å². The molecule has 1 rings (SSSR count). The summed E-state index contributed by atoms with van der Waals surface area (Å²) in [7, 11) is 0. The third kappa shape index (κ3) is 2.54. The van der Waals surface area contributed by atoms with Gasteiger partial charge in [-0.05, 0) is 18.6 Å². The molecule has 0 unspecified atom stereocenters. The maximum absolute atomic E-state index is 11.3. The van der Waals surface area contributed by atoms with Crippen LogP contribution in [-0.2, 0) is 11.3 Å². The first-order valence-electron chi connectivity index (χ1n) is 4.32. The van der Waals surface area contributed by atoms with Gasteiger partial charge in [0.05, 0.1) is 6.54 Å². The molecule has 0 atom stereocenters. The molecule has 0 spiro atoms. The van der Waals surface area contributed by atoms with E-state index in [-0.39, 0.29) is 17.9 Å². The number of carbonyl (C=O) groups excluding carboxylic acids is 1. The molecule has 0 aliphatic carbocycles. The molecule has 3 heteroatoms. The summed E-state index contributed by atoms with van der Waals surface area (Å²) in [5, 5.41) is 0. The van der Waals surface area contributed by atoms with Crippen LogP contribution in [0.2, 0.25) is 0 Å². The van der Waals surface area contributed by atoms with Crippen LogP contribution in [0.3, 0.4) is 0 Å². The summed E-state index contributed by atoms with van der Waals surface area (Å²) >= 11 is 0. The van der Waals surface area contributed by atoms with Crippen LogP contribution in [-0.4, -0.2) is 10.4 Å². The predicted octanol–water partition coefficient (Wildman–Crippen LogP) is 1.14. The topological polar surface area (TPSA) is 39.1 Å². The highest BCUT2D eigenvalue weighted by Crippen LogP contribution is 1.92. The zero-order valence-electron chi connectivity index (χ0n) is 7.91. The highest BCUT2D eigenvalue weighted by molar-refractivity contribution is 5.77. The van der Waals surface area contributed by atoms with Gasteiger partial charge < -0.3 is 4.57 Å². The van der Waals surface area contributed by atoms with Gasteiger partial charge in [0.25, 0.3) is 5.56 Å². The molecule has 0 radical (unpaired) electrons. The van der Waals surface area contributed by atoms with E-state index >= 15 is 0 Å². The summed E-state index contributed by atoms with van der Waals surface area (Å²) in [5.41, 5.74) is 0.812. The Kier molecular flexibility index (Phi) is 3.01. The highest BCUT2D eigenvalue weighted by atomic mass is 16.1. The molecule has 0 saturated carbocycles. The van der Waals surface area contributed by atoms with Crippen molar-refractivity contribution in [3.63, 3.8) is 0 Å². The second-order valence-corrected chi connectivity index (χ2v) is 3.06. The molecular formula is C10H13NO2. The van der Waals surface area contributed by atoms with E-state index in [2.05, 4.69) is 0 Å². The van der Waals surface area contributed by atoms with Crippen molar-refractivity contribution in [1.82, 2.24) is 4.57 Å². The van der Waals surface area contributed by atoms with E-state index in [1.807, 2.05) is 13.0 Å². The van der Waals surface area contributed by atoms with Gasteiger partial charge in [-0.3, -0.25) is 9.59 Å². The van der Waals surface area contributed by atoms with E-state index in [1.54, 1.807) is 13.1 Å². The van der Waals surface area contributed by atoms with Crippen molar-refractivity contribution in [3.05, 3.63) is 34.2 Å². The second-order valence-electron chi connectivity index (χ2n) is 3.06. The first kappa shape index (κ1) is 9.71. The number of aromatic nitrogens is 1. The van der Waals surface area contributed by atoms with Gasteiger partial charge >= 0.3 is 0 Å². The Balaban J connectivity index is 2.90. The van der Waals surface area contributed by atoms with Gasteiger partial charge in [-0.25, -0.2) is 0 Å². The summed E-state index contributed by atoms with van der Waals surface area (Å²) in [6.45, 7) is 3.84. The number of rotatable bonds is 3. The van der Waals surface area contributed by atoms with E-state index in [4.69, 9.17) is 0 Å². The van der Waals surface area contributed by atoms with Crippen LogP contribution in [0.15, 0.2) is 23.1 Å². The van der Waals surface area contributed by atoms with E-state index in [0.29, 0.717) is 6.42 Å². The van der Waals surface area contributed by atoms with Gasteiger partial charge in [0.1, 0.15) is 0 Å². The third-order valence-electron chi connectivity index (χ3n) is 1.89. The van der Waals surface area contributed by atoms with Crippen molar-refractivity contribution in [1.29, 1.82) is 0 Å². The number of hydrogen-bond donors (Lipinski definition) is 0. The molecule has 0 aliphatic rings. The molecule has 0 amide bonds. The van der Waals surface area contributed by atoms with Crippen LogP contribution in [0.1, 0.15) is 18.9 Å². The van der Waals surface area contributed by atoms with E-state index < -0.39 is 0 Å². The number of hydrogen-bond acceptors (Lipinski definition) is 2. The maximum atomic E-state index is 11.3. The van der Waals surface area contributed by atoms with E-state index in [1.165, 1.54) is 10.6 Å². The average molecular weight is 179 g/mol. The van der Waals surface area contributed by atoms with Gasteiger partial charge in [-0.2, -0.15) is 0 Å². The predicted molar refractivity (Wildman–Crippen MR) is 50.7 cm³/mol. The lowest BCUT2D eigenvalue weighted by Crippen LogP contribution is -2.22. The zero-order valence-corrected chi connectivity index (χ0v) is 7.91. The lowest BCUT2D eigenvalue weighted by molar-refractivity contribution is -0.119. The second kappa shape index (κ2) is 4.03. The Morgan fingerprint density at radius 2 is 2.23 bits per heavy atom. The van der Waals surface area contributed by atoms with Gasteiger partial charge in [0.15, 0.2) is 5.78 Å². The van der Waals surface area contributed by atoms with Crippen LogP contribution >= 0.6 is 0 Å². The Bertz CT molecular complexity index is 365. The number of carbonyl (C=O) groups is 1. The molecular weight excluding hydrogens is 166 g/mol. The van der Waals surface area contributed by atoms with E-state index in [9.17, 15) is 9.59 Å². The third-order valence-corrected chi connectivity index (χ3v) is 1.89. The van der Waals surface area contributed by atoms with Crippen LogP contribution in [0, 0.1) is 6.92 Å². The fraction of sp³-hybridized carbons (Fsp3) is 0.400. The molecule has 70 valence electrons. The number of nitrogens with zero attached hydrogens (tertiary/aromatic N) is 1. The van der Waals surface area contributed by atoms with Crippen molar-refractivity contribution in [2.45, 2.75) is 26.8 Å². The molecule has 13 heavy (non-hydrogen) atoms. The molecule has 1 aromatic rings. The van der Waals surface area contributed by atoms with Gasteiger partial charge in [-0.1, -0.05) is 6.92 Å². The Morgan fingerprint density at radius 1 is 1.54 bits per heavy atom. The fourth-order valence-electron chi connectivity index (χ4n) is 1.04. The largest absolute Gasteiger partial charge is 0.308 e. The molecule has 0 N–H and O–H groups in total. The van der Waals surface area contributed by atoms with Crippen molar-refractivity contribution in [2.24, 2.45) is 0 Å². The Hall–Kier alpha value is -1.38. The molecule has 0 bridgehead atoms. The van der Waals surface area contributed by atoms with Crippen molar-refractivity contribution in [2.75, 3.05) is 0 Å². The number of pyridine rings is 1. The van der Waals surface area contributed by atoms with Crippen LogP contribution < -0.4 is 5.56 Å². The van der Waals surface area contributed by atoms with Crippen molar-refractivity contribution < 1.29 is 4.79 Å². The first-order chi connectivity index (χ1) is 6.13. The summed E-state index contributed by atoms with van der Waals surface area (Å²) in [5.74, 6) is 0.0750. The molecule has 0 aliphatic heterocycles. The molecule has 0 aromatic carbocycles. The minimum absolute atomic E-state index is 0.0750. The molecule has 1 aromatic heterocycles. The highest BCUT2D eigenvalue weighted by Gasteiger charge is 2.01. The lowest BCUT2D eigenvalue weighted by atomic mass is 10.3. The fourth-order valence-corrected chi connectivity index (χ4v) is 1.04. The number of Topliss-reactive ketones (excluding diaryl/α,β-unsaturated/α-hetero) is 1. The number of aryl methyl sites for hydroxylation is 1. The van der Waals surface area contributed by atoms with Crippen LogP contribution in [0.4, 0.5) is 0 Å². The average Bonchev–Trinajstić information content (AvgIpc) is 2.09. The summed E-state index contributed by atoms with van der Waals surface area (Å²) < 4.78 is 1.43. The Morgan fingerprint density at radius 3 is 2.77 bits per heavy atom. The monoisotopic (exact) mass is 179 g/mol. The SMILES string of the molecule is CCC(=O)Cn1ccc(C)cc1=O. The van der Waals surface area contributed by atoms with Gasteiger partial charge in [0, 0.05) is 18.7 Å². The standard InChI is InChI=1S/C10H13NO2/c1-3-9(12)7-11-5-4-8(2)6-10(11)13/h4-6H,3,7H2,1-2H3. The van der Waals surface area contributed by atoms with Crippen molar-refractivity contribution in [3.8, 4) is 0 Å². The van der Waals surface area contributed by atoms with Crippen LogP contribution in [0.5, 0.6) is 0 Å². The summed E-state index contributed by atoms with van der Waals surface area (Å²) in [6, 6.07) is 3.35. The van der Waals surface area contributed by atoms with Crippen molar-refractivity contribution >= 4 is 5.78 Å². The number of ketones is 1. The van der Waals surface area contributed by atoms with E-state index in [0.717, 1.165) is 5.56 Å². The summed E-state index contributed by atoms with van der Waals surface area (Å²) in [6.07, 6.45) is 2.13. The maximum Gasteiger partial charge on any atom is 0.251 e. The smallest absolute Gasteiger partial charge is 0.251 e. The molecule has 1 heterocycles. The summed E-state index contributed by atoms with van der Waals surface area (Å²) in [4.78, 5) is 22.4. The quantitative estimate of drug-likeness (QED) is 0.697. The minimum Gasteiger partial charge on any atom is -0.308 e. The molecule has 0 saturated heterocycles.